The van der Waals surface area contributed by atoms with Gasteiger partial charge in [-0.1, -0.05) is 44.9 Å². The van der Waals surface area contributed by atoms with Crippen LogP contribution in [0.3, 0.4) is 0 Å². The first-order valence-corrected chi connectivity index (χ1v) is 6.91. The monoisotopic (exact) mass is 273 g/mol. The van der Waals surface area contributed by atoms with Crippen LogP contribution in [-0.4, -0.2) is 22.7 Å². The second-order valence-electron chi connectivity index (χ2n) is 4.81. The van der Waals surface area contributed by atoms with Crippen molar-refractivity contribution in [1.29, 1.82) is 0 Å². The summed E-state index contributed by atoms with van der Waals surface area (Å²) in [6.07, 6.45) is 3.54. The van der Waals surface area contributed by atoms with Gasteiger partial charge in [0, 0.05) is 5.39 Å². The molecular formula is C16H19NO3. The minimum atomic E-state index is -0.983. The molecule has 4 nitrogen and oxygen atoms in total. The SMILES string of the molecule is CCC(CC)COc1cnc2ccccc2c1C(=O)O. The van der Waals surface area contributed by atoms with Gasteiger partial charge in [-0.2, -0.15) is 0 Å². The van der Waals surface area contributed by atoms with Crippen LogP contribution in [0.1, 0.15) is 37.0 Å². The first kappa shape index (κ1) is 14.3. The zero-order valence-corrected chi connectivity index (χ0v) is 11.8. The van der Waals surface area contributed by atoms with Crippen molar-refractivity contribution in [3.63, 3.8) is 0 Å². The van der Waals surface area contributed by atoms with Crippen LogP contribution in [0.2, 0.25) is 0 Å². The number of para-hydroxylation sites is 1. The average molecular weight is 273 g/mol. The van der Waals surface area contributed by atoms with E-state index < -0.39 is 5.97 Å². The lowest BCUT2D eigenvalue weighted by molar-refractivity contribution is 0.0693. The van der Waals surface area contributed by atoms with Crippen LogP contribution in [0.4, 0.5) is 0 Å². The van der Waals surface area contributed by atoms with Gasteiger partial charge in [0.1, 0.15) is 5.56 Å². The second-order valence-corrected chi connectivity index (χ2v) is 4.81. The maximum Gasteiger partial charge on any atom is 0.340 e. The average Bonchev–Trinajstić information content (AvgIpc) is 2.47. The van der Waals surface area contributed by atoms with Crippen LogP contribution in [0.5, 0.6) is 5.75 Å². The second kappa shape index (κ2) is 6.37. The number of pyridine rings is 1. The number of carboxylic acid groups (broad SMARTS) is 1. The molecule has 0 aliphatic rings. The molecule has 20 heavy (non-hydrogen) atoms. The number of ether oxygens (including phenoxy) is 1. The molecule has 0 atom stereocenters. The number of aromatic carboxylic acids is 1. The molecule has 0 radical (unpaired) electrons. The highest BCUT2D eigenvalue weighted by Crippen LogP contribution is 2.27. The molecule has 1 aromatic heterocycles. The zero-order chi connectivity index (χ0) is 14.5. The minimum Gasteiger partial charge on any atom is -0.491 e. The summed E-state index contributed by atoms with van der Waals surface area (Å²) >= 11 is 0. The van der Waals surface area contributed by atoms with E-state index in [9.17, 15) is 9.90 Å². The number of hydrogen-bond acceptors (Lipinski definition) is 3. The molecule has 0 amide bonds. The highest BCUT2D eigenvalue weighted by molar-refractivity contribution is 6.04. The van der Waals surface area contributed by atoms with Crippen molar-refractivity contribution in [2.45, 2.75) is 26.7 Å². The van der Waals surface area contributed by atoms with Gasteiger partial charge in [0.15, 0.2) is 5.75 Å². The van der Waals surface area contributed by atoms with E-state index in [0.717, 1.165) is 12.8 Å². The molecule has 2 aromatic rings. The third-order valence-corrected chi connectivity index (χ3v) is 3.58. The molecule has 0 bridgehead atoms. The van der Waals surface area contributed by atoms with Crippen molar-refractivity contribution >= 4 is 16.9 Å². The van der Waals surface area contributed by atoms with Crippen molar-refractivity contribution in [2.75, 3.05) is 6.61 Å². The lowest BCUT2D eigenvalue weighted by Gasteiger charge is -2.15. The third-order valence-electron chi connectivity index (χ3n) is 3.58. The summed E-state index contributed by atoms with van der Waals surface area (Å²) in [4.78, 5) is 15.8. The third kappa shape index (κ3) is 2.90. The molecule has 0 saturated heterocycles. The van der Waals surface area contributed by atoms with Crippen molar-refractivity contribution in [1.82, 2.24) is 4.98 Å². The first-order chi connectivity index (χ1) is 9.67. The first-order valence-electron chi connectivity index (χ1n) is 6.91. The molecule has 0 unspecified atom stereocenters. The number of aromatic nitrogens is 1. The van der Waals surface area contributed by atoms with Gasteiger partial charge in [0.05, 0.1) is 18.3 Å². The lowest BCUT2D eigenvalue weighted by atomic mass is 10.1. The van der Waals surface area contributed by atoms with E-state index >= 15 is 0 Å². The molecule has 2 rings (SSSR count). The Morgan fingerprint density at radius 3 is 2.65 bits per heavy atom. The van der Waals surface area contributed by atoms with E-state index in [1.165, 1.54) is 6.20 Å². The fourth-order valence-corrected chi connectivity index (χ4v) is 2.19. The van der Waals surface area contributed by atoms with Crippen molar-refractivity contribution in [2.24, 2.45) is 5.92 Å². The Morgan fingerprint density at radius 2 is 2.00 bits per heavy atom. The van der Waals surface area contributed by atoms with Gasteiger partial charge in [-0.3, -0.25) is 4.98 Å². The maximum absolute atomic E-state index is 11.5. The summed E-state index contributed by atoms with van der Waals surface area (Å²) in [5.74, 6) is -0.200. The zero-order valence-electron chi connectivity index (χ0n) is 11.8. The highest BCUT2D eigenvalue weighted by atomic mass is 16.5. The van der Waals surface area contributed by atoms with E-state index in [-0.39, 0.29) is 5.56 Å². The number of carbonyl (C=O) groups is 1. The molecule has 106 valence electrons. The normalized spacial score (nSPS) is 10.9. The molecule has 0 fully saturated rings. The molecule has 1 heterocycles. The number of hydrogen-bond donors (Lipinski definition) is 1. The Bertz CT molecular complexity index is 606. The van der Waals surface area contributed by atoms with Gasteiger partial charge in [-0.25, -0.2) is 4.79 Å². The number of fused-ring (bicyclic) bond motifs is 1. The summed E-state index contributed by atoms with van der Waals surface area (Å²) in [6.45, 7) is 4.73. The van der Waals surface area contributed by atoms with E-state index in [1.807, 2.05) is 6.07 Å². The Morgan fingerprint density at radius 1 is 1.30 bits per heavy atom. The summed E-state index contributed by atoms with van der Waals surface area (Å²) in [5.41, 5.74) is 0.862. The van der Waals surface area contributed by atoms with Crippen molar-refractivity contribution < 1.29 is 14.6 Å². The summed E-state index contributed by atoms with van der Waals surface area (Å²) in [6, 6.07) is 7.20. The molecule has 0 aliphatic heterocycles. The van der Waals surface area contributed by atoms with Gasteiger partial charge >= 0.3 is 5.97 Å². The van der Waals surface area contributed by atoms with Crippen molar-refractivity contribution in [3.05, 3.63) is 36.0 Å². The van der Waals surface area contributed by atoms with Crippen LogP contribution in [-0.2, 0) is 0 Å². The molecular weight excluding hydrogens is 254 g/mol. The Kier molecular flexibility index (Phi) is 4.56. The summed E-state index contributed by atoms with van der Waals surface area (Å²) in [7, 11) is 0. The molecule has 4 heteroatoms. The maximum atomic E-state index is 11.5. The van der Waals surface area contributed by atoms with Gasteiger partial charge in [0.2, 0.25) is 0 Å². The lowest BCUT2D eigenvalue weighted by Crippen LogP contribution is -2.13. The number of rotatable bonds is 6. The number of nitrogens with zero attached hydrogens (tertiary/aromatic N) is 1. The molecule has 1 aromatic carbocycles. The topological polar surface area (TPSA) is 59.4 Å². The minimum absolute atomic E-state index is 0.196. The van der Waals surface area contributed by atoms with E-state index in [4.69, 9.17) is 4.74 Å². The predicted molar refractivity (Wildman–Crippen MR) is 78.3 cm³/mol. The molecule has 1 N–H and O–H groups in total. The van der Waals surface area contributed by atoms with Crippen molar-refractivity contribution in [3.8, 4) is 5.75 Å². The Balaban J connectivity index is 2.37. The summed E-state index contributed by atoms with van der Waals surface area (Å²) < 4.78 is 5.71. The quantitative estimate of drug-likeness (QED) is 0.870. The van der Waals surface area contributed by atoms with Crippen LogP contribution in [0.15, 0.2) is 30.5 Å². The Labute approximate surface area is 118 Å². The standard InChI is InChI=1S/C16H19NO3/c1-3-11(4-2)10-20-14-9-17-13-8-6-5-7-12(13)15(14)16(18)19/h5-9,11H,3-4,10H2,1-2H3,(H,18,19). The van der Waals surface area contributed by atoms with Crippen LogP contribution in [0.25, 0.3) is 10.9 Å². The van der Waals surface area contributed by atoms with Crippen LogP contribution in [0, 0.1) is 5.92 Å². The van der Waals surface area contributed by atoms with Gasteiger partial charge in [-0.15, -0.1) is 0 Å². The molecule has 0 saturated carbocycles. The summed E-state index contributed by atoms with van der Waals surface area (Å²) in [5, 5.41) is 10.0. The van der Waals surface area contributed by atoms with E-state index in [2.05, 4.69) is 18.8 Å². The largest absolute Gasteiger partial charge is 0.491 e. The van der Waals surface area contributed by atoms with Crippen LogP contribution < -0.4 is 4.74 Å². The van der Waals surface area contributed by atoms with E-state index in [1.54, 1.807) is 18.2 Å². The highest BCUT2D eigenvalue weighted by Gasteiger charge is 2.17. The van der Waals surface area contributed by atoms with Crippen LogP contribution >= 0.6 is 0 Å². The predicted octanol–water partition coefficient (Wildman–Crippen LogP) is 3.75. The molecule has 0 spiro atoms. The fourth-order valence-electron chi connectivity index (χ4n) is 2.19. The van der Waals surface area contributed by atoms with Gasteiger partial charge < -0.3 is 9.84 Å². The van der Waals surface area contributed by atoms with Gasteiger partial charge in [0.25, 0.3) is 0 Å². The molecule has 0 aliphatic carbocycles. The number of carboxylic acids is 1. The fraction of sp³-hybridized carbons (Fsp3) is 0.375. The van der Waals surface area contributed by atoms with Gasteiger partial charge in [-0.05, 0) is 12.0 Å². The smallest absolute Gasteiger partial charge is 0.340 e. The van der Waals surface area contributed by atoms with E-state index in [0.29, 0.717) is 29.2 Å². The number of benzene rings is 1. The Hall–Kier alpha value is -2.10.